The van der Waals surface area contributed by atoms with Gasteiger partial charge in [0.25, 0.3) is 0 Å². The minimum absolute atomic E-state index is 0.0649. The molecule has 0 aliphatic heterocycles. The first-order valence-electron chi connectivity index (χ1n) is 8.07. The summed E-state index contributed by atoms with van der Waals surface area (Å²) in [6, 6.07) is 14.4. The number of benzene rings is 2. The Morgan fingerprint density at radius 2 is 1.70 bits per heavy atom. The van der Waals surface area contributed by atoms with Crippen LogP contribution >= 0.6 is 0 Å². The van der Waals surface area contributed by atoms with Gasteiger partial charge in [0.05, 0.1) is 6.54 Å². The molecule has 3 nitrogen and oxygen atoms in total. The summed E-state index contributed by atoms with van der Waals surface area (Å²) in [7, 11) is 0. The number of amides is 1. The van der Waals surface area contributed by atoms with Crippen LogP contribution in [0, 0.1) is 20.8 Å². The summed E-state index contributed by atoms with van der Waals surface area (Å²) in [6.45, 7) is 7.14. The van der Waals surface area contributed by atoms with Crippen LogP contribution in [0.15, 0.2) is 42.5 Å². The predicted octanol–water partition coefficient (Wildman–Crippen LogP) is 3.74. The first-order chi connectivity index (χ1) is 11.0. The molecule has 1 amide bonds. The summed E-state index contributed by atoms with van der Waals surface area (Å²) in [6.07, 6.45) is 1.27. The van der Waals surface area contributed by atoms with Gasteiger partial charge >= 0.3 is 0 Å². The third kappa shape index (κ3) is 5.78. The molecule has 0 spiro atoms. The van der Waals surface area contributed by atoms with E-state index < -0.39 is 0 Å². The van der Waals surface area contributed by atoms with Gasteiger partial charge in [0.2, 0.25) is 5.91 Å². The summed E-state index contributed by atoms with van der Waals surface area (Å²) in [5.74, 6) is 0.953. The smallest absolute Gasteiger partial charge is 0.220 e. The van der Waals surface area contributed by atoms with Crippen molar-refractivity contribution in [3.8, 4) is 5.75 Å². The summed E-state index contributed by atoms with van der Waals surface area (Å²) in [5, 5.41) is 2.90. The topological polar surface area (TPSA) is 38.3 Å². The van der Waals surface area contributed by atoms with E-state index in [1.54, 1.807) is 0 Å². The van der Waals surface area contributed by atoms with Gasteiger partial charge in [-0.2, -0.15) is 0 Å². The average Bonchev–Trinajstić information content (AvgIpc) is 2.54. The molecule has 0 bridgehead atoms. The molecule has 0 aliphatic rings. The van der Waals surface area contributed by atoms with Crippen LogP contribution in [0.5, 0.6) is 5.75 Å². The predicted molar refractivity (Wildman–Crippen MR) is 93.9 cm³/mol. The van der Waals surface area contributed by atoms with Crippen molar-refractivity contribution in [3.05, 3.63) is 64.7 Å². The lowest BCUT2D eigenvalue weighted by Gasteiger charge is -2.10. The number of carbonyl (C=O) groups is 1. The molecular formula is C20H25NO2. The number of nitrogens with one attached hydrogen (secondary N) is 1. The summed E-state index contributed by atoms with van der Waals surface area (Å²) in [4.78, 5) is 11.8. The van der Waals surface area contributed by atoms with Crippen LogP contribution in [0.3, 0.4) is 0 Å². The van der Waals surface area contributed by atoms with Gasteiger partial charge in [0.1, 0.15) is 12.4 Å². The van der Waals surface area contributed by atoms with Gasteiger partial charge in [-0.25, -0.2) is 0 Å². The van der Waals surface area contributed by atoms with Gasteiger partial charge in [0.15, 0.2) is 0 Å². The van der Waals surface area contributed by atoms with E-state index in [-0.39, 0.29) is 5.91 Å². The normalized spacial score (nSPS) is 10.4. The molecule has 0 heterocycles. The van der Waals surface area contributed by atoms with E-state index in [1.807, 2.05) is 26.0 Å². The maximum absolute atomic E-state index is 11.8. The minimum atomic E-state index is 0.0649. The van der Waals surface area contributed by atoms with E-state index in [9.17, 15) is 4.79 Å². The number of ether oxygens (including phenoxy) is 1. The van der Waals surface area contributed by atoms with Crippen LogP contribution in [0.25, 0.3) is 0 Å². The Bertz CT molecular complexity index is 647. The molecule has 1 N–H and O–H groups in total. The van der Waals surface area contributed by atoms with Crippen LogP contribution in [0.4, 0.5) is 0 Å². The fourth-order valence-corrected chi connectivity index (χ4v) is 2.32. The van der Waals surface area contributed by atoms with Crippen LogP contribution in [-0.2, 0) is 11.2 Å². The molecular weight excluding hydrogens is 286 g/mol. The van der Waals surface area contributed by atoms with Crippen molar-refractivity contribution in [2.75, 3.05) is 13.2 Å². The third-order valence-electron chi connectivity index (χ3n) is 3.79. The fraction of sp³-hybridized carbons (Fsp3) is 0.350. The number of rotatable bonds is 7. The van der Waals surface area contributed by atoms with Crippen molar-refractivity contribution in [1.82, 2.24) is 5.32 Å². The molecule has 0 radical (unpaired) electrons. The SMILES string of the molecule is Cc1ccc(CCC(=O)NCCOc2cc(C)ccc2C)cc1. The second-order valence-electron chi connectivity index (χ2n) is 5.95. The quantitative estimate of drug-likeness (QED) is 0.791. The molecule has 2 aromatic carbocycles. The van der Waals surface area contributed by atoms with Crippen LogP contribution in [-0.4, -0.2) is 19.1 Å². The lowest BCUT2D eigenvalue weighted by atomic mass is 10.1. The Kier molecular flexibility index (Phi) is 6.21. The minimum Gasteiger partial charge on any atom is -0.491 e. The molecule has 122 valence electrons. The highest BCUT2D eigenvalue weighted by atomic mass is 16.5. The third-order valence-corrected chi connectivity index (χ3v) is 3.79. The Morgan fingerprint density at radius 1 is 1.00 bits per heavy atom. The maximum Gasteiger partial charge on any atom is 0.220 e. The average molecular weight is 311 g/mol. The zero-order valence-electron chi connectivity index (χ0n) is 14.2. The summed E-state index contributed by atoms with van der Waals surface area (Å²) in [5.41, 5.74) is 4.72. The molecule has 0 aliphatic carbocycles. The zero-order valence-corrected chi connectivity index (χ0v) is 14.2. The second kappa shape index (κ2) is 8.37. The van der Waals surface area contributed by atoms with Crippen molar-refractivity contribution in [2.24, 2.45) is 0 Å². The Morgan fingerprint density at radius 3 is 2.43 bits per heavy atom. The van der Waals surface area contributed by atoms with Crippen LogP contribution in [0.2, 0.25) is 0 Å². The van der Waals surface area contributed by atoms with E-state index in [0.29, 0.717) is 19.6 Å². The molecule has 0 saturated carbocycles. The van der Waals surface area contributed by atoms with Crippen LogP contribution in [0.1, 0.15) is 28.7 Å². The number of hydrogen-bond donors (Lipinski definition) is 1. The van der Waals surface area contributed by atoms with Gasteiger partial charge in [-0.1, -0.05) is 42.0 Å². The van der Waals surface area contributed by atoms with E-state index >= 15 is 0 Å². The van der Waals surface area contributed by atoms with E-state index in [1.165, 1.54) is 16.7 Å². The first kappa shape index (κ1) is 17.1. The molecule has 2 rings (SSSR count). The largest absolute Gasteiger partial charge is 0.491 e. The van der Waals surface area contributed by atoms with Gasteiger partial charge in [-0.05, 0) is 49.9 Å². The van der Waals surface area contributed by atoms with Crippen molar-refractivity contribution >= 4 is 5.91 Å². The maximum atomic E-state index is 11.8. The first-order valence-corrected chi connectivity index (χ1v) is 8.07. The van der Waals surface area contributed by atoms with Gasteiger partial charge < -0.3 is 10.1 Å². The molecule has 0 unspecified atom stereocenters. The highest BCUT2D eigenvalue weighted by molar-refractivity contribution is 5.76. The summed E-state index contributed by atoms with van der Waals surface area (Å²) < 4.78 is 5.73. The lowest BCUT2D eigenvalue weighted by Crippen LogP contribution is -2.28. The Labute approximate surface area is 138 Å². The summed E-state index contributed by atoms with van der Waals surface area (Å²) >= 11 is 0. The Hall–Kier alpha value is -2.29. The molecule has 0 fully saturated rings. The standard InChI is InChI=1S/C20H25NO2/c1-15-5-8-18(9-6-15)10-11-20(22)21-12-13-23-19-14-16(2)4-7-17(19)3/h4-9,14H,10-13H2,1-3H3,(H,21,22). The van der Waals surface area contributed by atoms with Crippen molar-refractivity contribution < 1.29 is 9.53 Å². The molecule has 0 aromatic heterocycles. The number of aryl methyl sites for hydroxylation is 4. The number of hydrogen-bond acceptors (Lipinski definition) is 2. The van der Waals surface area contributed by atoms with Crippen molar-refractivity contribution in [2.45, 2.75) is 33.6 Å². The number of carbonyl (C=O) groups excluding carboxylic acids is 1. The lowest BCUT2D eigenvalue weighted by molar-refractivity contribution is -0.121. The fourth-order valence-electron chi connectivity index (χ4n) is 2.32. The van der Waals surface area contributed by atoms with Gasteiger partial charge in [-0.15, -0.1) is 0 Å². The van der Waals surface area contributed by atoms with Crippen molar-refractivity contribution in [1.29, 1.82) is 0 Å². The Balaban J connectivity index is 1.66. The van der Waals surface area contributed by atoms with Gasteiger partial charge in [-0.3, -0.25) is 4.79 Å². The molecule has 0 atom stereocenters. The van der Waals surface area contributed by atoms with E-state index in [2.05, 4.69) is 42.6 Å². The monoisotopic (exact) mass is 311 g/mol. The van der Waals surface area contributed by atoms with E-state index in [0.717, 1.165) is 17.7 Å². The molecule has 2 aromatic rings. The molecule has 0 saturated heterocycles. The van der Waals surface area contributed by atoms with Crippen LogP contribution < -0.4 is 10.1 Å². The van der Waals surface area contributed by atoms with Gasteiger partial charge in [0, 0.05) is 6.42 Å². The molecule has 23 heavy (non-hydrogen) atoms. The van der Waals surface area contributed by atoms with E-state index in [4.69, 9.17) is 4.74 Å². The highest BCUT2D eigenvalue weighted by Gasteiger charge is 2.03. The van der Waals surface area contributed by atoms with Crippen molar-refractivity contribution in [3.63, 3.8) is 0 Å². The zero-order chi connectivity index (χ0) is 16.7. The highest BCUT2D eigenvalue weighted by Crippen LogP contribution is 2.18. The second-order valence-corrected chi connectivity index (χ2v) is 5.95. The molecule has 3 heteroatoms.